The molecule has 1 saturated heterocycles. The number of thiophene rings is 1. The highest BCUT2D eigenvalue weighted by Gasteiger charge is 2.23. The van der Waals surface area contributed by atoms with Crippen LogP contribution in [0.4, 0.5) is 0 Å². The van der Waals surface area contributed by atoms with Crippen molar-refractivity contribution in [3.63, 3.8) is 0 Å². The molecule has 1 aliphatic heterocycles. The van der Waals surface area contributed by atoms with E-state index in [-0.39, 0.29) is 24.0 Å². The Hall–Kier alpha value is -1.76. The van der Waals surface area contributed by atoms with Crippen molar-refractivity contribution in [1.82, 2.24) is 30.1 Å². The number of pyridine rings is 1. The molecule has 4 heterocycles. The van der Waals surface area contributed by atoms with Crippen molar-refractivity contribution in [1.29, 1.82) is 0 Å². The van der Waals surface area contributed by atoms with Crippen LogP contribution in [0, 0.1) is 0 Å². The molecule has 1 fully saturated rings. The molecular weight excluding hydrogens is 501 g/mol. The van der Waals surface area contributed by atoms with Crippen LogP contribution in [0.15, 0.2) is 46.9 Å². The number of ether oxygens (including phenoxy) is 1. The van der Waals surface area contributed by atoms with Gasteiger partial charge in [-0.3, -0.25) is 14.3 Å². The first-order valence-corrected chi connectivity index (χ1v) is 10.3. The minimum Gasteiger partial charge on any atom is -0.379 e. The van der Waals surface area contributed by atoms with Crippen molar-refractivity contribution in [2.75, 3.05) is 39.9 Å². The van der Waals surface area contributed by atoms with Crippen LogP contribution in [0.2, 0.25) is 0 Å². The van der Waals surface area contributed by atoms with E-state index in [1.54, 1.807) is 18.4 Å². The summed E-state index contributed by atoms with van der Waals surface area (Å²) < 4.78 is 7.49. The molecule has 0 amide bonds. The Balaban J connectivity index is 0.00000240. The molecule has 1 unspecified atom stereocenters. The fraction of sp³-hybridized carbons (Fsp3) is 0.421. The Morgan fingerprint density at radius 2 is 2.07 bits per heavy atom. The van der Waals surface area contributed by atoms with E-state index in [1.807, 2.05) is 28.8 Å². The molecule has 2 N–H and O–H groups in total. The van der Waals surface area contributed by atoms with Gasteiger partial charge in [0.2, 0.25) is 0 Å². The molecule has 1 atom stereocenters. The van der Waals surface area contributed by atoms with Gasteiger partial charge in [0.25, 0.3) is 0 Å². The van der Waals surface area contributed by atoms with Crippen molar-refractivity contribution in [3.05, 3.63) is 52.6 Å². The number of hydrogen-bond acceptors (Lipinski definition) is 6. The minimum absolute atomic E-state index is 0. The maximum Gasteiger partial charge on any atom is 0.191 e. The van der Waals surface area contributed by atoms with Crippen LogP contribution < -0.4 is 10.6 Å². The molecule has 3 aromatic heterocycles. The van der Waals surface area contributed by atoms with Crippen LogP contribution >= 0.6 is 35.3 Å². The van der Waals surface area contributed by atoms with Crippen LogP contribution in [-0.2, 0) is 11.3 Å². The lowest BCUT2D eigenvalue weighted by molar-refractivity contribution is 0.0177. The molecule has 8 nitrogen and oxygen atoms in total. The van der Waals surface area contributed by atoms with E-state index in [2.05, 4.69) is 48.2 Å². The first kappa shape index (κ1) is 21.9. The third kappa shape index (κ3) is 5.44. The van der Waals surface area contributed by atoms with E-state index in [0.29, 0.717) is 12.6 Å². The van der Waals surface area contributed by atoms with E-state index in [9.17, 15) is 0 Å². The van der Waals surface area contributed by atoms with Crippen LogP contribution in [0.5, 0.6) is 0 Å². The van der Waals surface area contributed by atoms with Crippen molar-refractivity contribution in [3.8, 4) is 0 Å². The van der Waals surface area contributed by atoms with Gasteiger partial charge < -0.3 is 15.4 Å². The lowest BCUT2D eigenvalue weighted by Gasteiger charge is -2.34. The molecule has 156 valence electrons. The van der Waals surface area contributed by atoms with Crippen LogP contribution in [0.3, 0.4) is 0 Å². The number of halogens is 1. The van der Waals surface area contributed by atoms with Gasteiger partial charge in [-0.05, 0) is 23.6 Å². The second kappa shape index (κ2) is 10.9. The lowest BCUT2D eigenvalue weighted by Crippen LogP contribution is -2.46. The van der Waals surface area contributed by atoms with E-state index in [0.717, 1.165) is 50.3 Å². The van der Waals surface area contributed by atoms with Gasteiger partial charge in [-0.15, -0.1) is 45.5 Å². The molecule has 0 saturated carbocycles. The molecule has 10 heteroatoms. The smallest absolute Gasteiger partial charge is 0.191 e. The van der Waals surface area contributed by atoms with Gasteiger partial charge in [0.05, 0.1) is 25.8 Å². The number of nitrogens with one attached hydrogen (secondary N) is 2. The van der Waals surface area contributed by atoms with Crippen molar-refractivity contribution < 1.29 is 4.74 Å². The van der Waals surface area contributed by atoms with E-state index in [4.69, 9.17) is 4.74 Å². The zero-order chi connectivity index (χ0) is 19.2. The number of hydrogen-bond donors (Lipinski definition) is 2. The second-order valence-corrected chi connectivity index (χ2v) is 7.51. The van der Waals surface area contributed by atoms with Gasteiger partial charge in [-0.1, -0.05) is 12.1 Å². The highest BCUT2D eigenvalue weighted by Crippen LogP contribution is 2.25. The summed E-state index contributed by atoms with van der Waals surface area (Å²) in [5, 5.41) is 17.4. The Morgan fingerprint density at radius 3 is 2.83 bits per heavy atom. The summed E-state index contributed by atoms with van der Waals surface area (Å²) >= 11 is 1.79. The molecular formula is C19H26IN7OS. The molecule has 29 heavy (non-hydrogen) atoms. The first-order chi connectivity index (χ1) is 13.8. The van der Waals surface area contributed by atoms with Crippen LogP contribution in [0.25, 0.3) is 5.65 Å². The van der Waals surface area contributed by atoms with Gasteiger partial charge in [0.1, 0.15) is 0 Å². The summed E-state index contributed by atoms with van der Waals surface area (Å²) in [7, 11) is 1.78. The standard InChI is InChI=1S/C19H25N7OS.HI/c1-20-19(22-14-18-24-23-17-6-2-3-7-26(17)18)21-13-15(16-5-4-12-28-16)25-8-10-27-11-9-25;/h2-7,12,15H,8-11,13-14H2,1H3,(H2,20,21,22);1H. The minimum atomic E-state index is 0. The van der Waals surface area contributed by atoms with E-state index >= 15 is 0 Å². The highest BCUT2D eigenvalue weighted by atomic mass is 127. The fourth-order valence-corrected chi connectivity index (χ4v) is 4.23. The van der Waals surface area contributed by atoms with Gasteiger partial charge in [-0.25, -0.2) is 0 Å². The summed E-state index contributed by atoms with van der Waals surface area (Å²) in [6.07, 6.45) is 1.97. The number of morpholine rings is 1. The molecule has 4 rings (SSSR count). The maximum absolute atomic E-state index is 5.52. The predicted octanol–water partition coefficient (Wildman–Crippen LogP) is 2.15. The number of rotatable bonds is 6. The molecule has 3 aromatic rings. The lowest BCUT2D eigenvalue weighted by atomic mass is 10.2. The van der Waals surface area contributed by atoms with Gasteiger partial charge in [-0.2, -0.15) is 0 Å². The van der Waals surface area contributed by atoms with Gasteiger partial charge in [0, 0.05) is 37.8 Å². The molecule has 0 bridgehead atoms. The average Bonchev–Trinajstić information content (AvgIpc) is 3.42. The normalized spacial score (nSPS) is 16.4. The summed E-state index contributed by atoms with van der Waals surface area (Å²) in [5.41, 5.74) is 0.840. The van der Waals surface area contributed by atoms with E-state index < -0.39 is 0 Å². The number of nitrogens with zero attached hydrogens (tertiary/aromatic N) is 5. The topological polar surface area (TPSA) is 79.1 Å². The maximum atomic E-state index is 5.52. The average molecular weight is 527 g/mol. The summed E-state index contributed by atoms with van der Waals surface area (Å²) in [4.78, 5) is 8.19. The highest BCUT2D eigenvalue weighted by molar-refractivity contribution is 14.0. The predicted molar refractivity (Wildman–Crippen MR) is 126 cm³/mol. The second-order valence-electron chi connectivity index (χ2n) is 6.53. The summed E-state index contributed by atoms with van der Waals surface area (Å²) in [5.74, 6) is 1.60. The Bertz CT molecular complexity index is 908. The van der Waals surface area contributed by atoms with Crippen molar-refractivity contribution >= 4 is 46.9 Å². The van der Waals surface area contributed by atoms with E-state index in [1.165, 1.54) is 4.88 Å². The molecule has 1 aliphatic rings. The first-order valence-electron chi connectivity index (χ1n) is 9.43. The fourth-order valence-electron chi connectivity index (χ4n) is 3.37. The van der Waals surface area contributed by atoms with Crippen molar-refractivity contribution in [2.45, 2.75) is 12.6 Å². The number of guanidine groups is 1. The molecule has 0 aliphatic carbocycles. The molecule has 0 spiro atoms. The van der Waals surface area contributed by atoms with Crippen molar-refractivity contribution in [2.24, 2.45) is 4.99 Å². The quantitative estimate of drug-likeness (QED) is 0.291. The molecule has 0 aromatic carbocycles. The third-order valence-corrected chi connectivity index (χ3v) is 5.82. The summed E-state index contributed by atoms with van der Waals surface area (Å²) in [6, 6.07) is 10.5. The SMILES string of the molecule is CN=C(NCc1nnc2ccccn12)NCC(c1cccs1)N1CCOCC1.I. The van der Waals surface area contributed by atoms with Crippen LogP contribution in [-0.4, -0.2) is 65.4 Å². The number of aliphatic imine (C=N–C) groups is 1. The largest absolute Gasteiger partial charge is 0.379 e. The third-order valence-electron chi connectivity index (χ3n) is 4.84. The Labute approximate surface area is 191 Å². The Morgan fingerprint density at radius 1 is 1.21 bits per heavy atom. The number of fused-ring (bicyclic) bond motifs is 1. The molecule has 0 radical (unpaired) electrons. The van der Waals surface area contributed by atoms with Gasteiger partial charge in [0.15, 0.2) is 17.4 Å². The number of aromatic nitrogens is 3. The Kier molecular flexibility index (Phi) is 8.21. The van der Waals surface area contributed by atoms with Gasteiger partial charge >= 0.3 is 0 Å². The van der Waals surface area contributed by atoms with Crippen LogP contribution in [0.1, 0.15) is 16.7 Å². The zero-order valence-electron chi connectivity index (χ0n) is 16.3. The zero-order valence-corrected chi connectivity index (χ0v) is 19.5. The monoisotopic (exact) mass is 527 g/mol. The summed E-state index contributed by atoms with van der Waals surface area (Å²) in [6.45, 7) is 4.79.